The molecule has 2 N–H and O–H groups in total. The van der Waals surface area contributed by atoms with E-state index in [4.69, 9.17) is 0 Å². The Labute approximate surface area is 113 Å². The van der Waals surface area contributed by atoms with Crippen molar-refractivity contribution in [2.75, 3.05) is 13.1 Å². The van der Waals surface area contributed by atoms with Crippen LogP contribution in [-0.4, -0.2) is 40.2 Å². The summed E-state index contributed by atoms with van der Waals surface area (Å²) in [5, 5.41) is 19.2. The van der Waals surface area contributed by atoms with Gasteiger partial charge in [0, 0.05) is 24.6 Å². The van der Waals surface area contributed by atoms with E-state index in [0.717, 1.165) is 12.0 Å². The molecule has 4 heteroatoms. The largest absolute Gasteiger partial charge is 0.508 e. The number of aromatic hydroxyl groups is 1. The topological polar surface area (TPSA) is 60.8 Å². The number of phenolic OH excluding ortho intramolecular Hbond substituents is 1. The molecule has 2 atom stereocenters. The number of carbonyl (C=O) groups excluding carboxylic acids is 1. The fraction of sp³-hybridized carbons (Fsp3) is 0.533. The standard InChI is InChI=1S/C15H21NO3/c1-3-11-9-16(7-6-14(11)18)15(19)13-5-4-12(17)8-10(13)2/h4-5,8,11,14,17-18H,3,6-7,9H2,1-2H3. The number of hydrogen-bond acceptors (Lipinski definition) is 3. The zero-order valence-corrected chi connectivity index (χ0v) is 11.5. The molecule has 0 bridgehead atoms. The molecule has 1 aromatic rings. The summed E-state index contributed by atoms with van der Waals surface area (Å²) >= 11 is 0. The van der Waals surface area contributed by atoms with Crippen LogP contribution in [0.5, 0.6) is 5.75 Å². The zero-order valence-electron chi connectivity index (χ0n) is 11.5. The van der Waals surface area contributed by atoms with E-state index in [2.05, 4.69) is 0 Å². The number of likely N-dealkylation sites (tertiary alicyclic amines) is 1. The lowest BCUT2D eigenvalue weighted by Crippen LogP contribution is -2.45. The van der Waals surface area contributed by atoms with E-state index in [-0.39, 0.29) is 23.7 Å². The van der Waals surface area contributed by atoms with Crippen molar-refractivity contribution in [2.45, 2.75) is 32.8 Å². The Kier molecular flexibility index (Phi) is 4.10. The molecule has 19 heavy (non-hydrogen) atoms. The number of aryl methyl sites for hydroxylation is 1. The highest BCUT2D eigenvalue weighted by atomic mass is 16.3. The first-order valence-electron chi connectivity index (χ1n) is 6.80. The predicted molar refractivity (Wildman–Crippen MR) is 73.2 cm³/mol. The number of nitrogens with zero attached hydrogens (tertiary/aromatic N) is 1. The van der Waals surface area contributed by atoms with E-state index in [9.17, 15) is 15.0 Å². The van der Waals surface area contributed by atoms with Gasteiger partial charge in [-0.3, -0.25) is 4.79 Å². The quantitative estimate of drug-likeness (QED) is 0.857. The van der Waals surface area contributed by atoms with Gasteiger partial charge in [-0.15, -0.1) is 0 Å². The molecule has 2 unspecified atom stereocenters. The second-order valence-electron chi connectivity index (χ2n) is 5.27. The van der Waals surface area contributed by atoms with Gasteiger partial charge in [0.05, 0.1) is 6.10 Å². The van der Waals surface area contributed by atoms with Gasteiger partial charge < -0.3 is 15.1 Å². The Morgan fingerprint density at radius 3 is 2.84 bits per heavy atom. The van der Waals surface area contributed by atoms with Crippen LogP contribution in [0.2, 0.25) is 0 Å². The molecule has 1 aliphatic rings. The molecule has 1 amide bonds. The lowest BCUT2D eigenvalue weighted by atomic mass is 9.92. The fourth-order valence-electron chi connectivity index (χ4n) is 2.66. The molecule has 104 valence electrons. The van der Waals surface area contributed by atoms with Gasteiger partial charge in [0.2, 0.25) is 0 Å². The first-order chi connectivity index (χ1) is 9.02. The molecule has 0 radical (unpaired) electrons. The van der Waals surface area contributed by atoms with Crippen molar-refractivity contribution in [3.05, 3.63) is 29.3 Å². The summed E-state index contributed by atoms with van der Waals surface area (Å²) < 4.78 is 0. The normalized spacial score (nSPS) is 23.4. The second kappa shape index (κ2) is 5.61. The van der Waals surface area contributed by atoms with Crippen molar-refractivity contribution in [1.82, 2.24) is 4.90 Å². The Hall–Kier alpha value is -1.55. The van der Waals surface area contributed by atoms with Gasteiger partial charge in [0.1, 0.15) is 5.75 Å². The average Bonchev–Trinajstić information content (AvgIpc) is 2.38. The first-order valence-corrected chi connectivity index (χ1v) is 6.80. The minimum Gasteiger partial charge on any atom is -0.508 e. The number of hydrogen-bond donors (Lipinski definition) is 2. The highest BCUT2D eigenvalue weighted by molar-refractivity contribution is 5.95. The van der Waals surface area contributed by atoms with Gasteiger partial charge in [-0.1, -0.05) is 6.92 Å². The molecule has 0 aromatic heterocycles. The minimum absolute atomic E-state index is 0.0112. The molecule has 1 aromatic carbocycles. The van der Waals surface area contributed by atoms with Crippen LogP contribution in [0.25, 0.3) is 0 Å². The number of carbonyl (C=O) groups is 1. The maximum absolute atomic E-state index is 12.5. The molecular weight excluding hydrogens is 242 g/mol. The lowest BCUT2D eigenvalue weighted by molar-refractivity contribution is 0.0228. The molecule has 1 heterocycles. The molecule has 1 aliphatic heterocycles. The maximum Gasteiger partial charge on any atom is 0.254 e. The zero-order chi connectivity index (χ0) is 14.0. The SMILES string of the molecule is CCC1CN(C(=O)c2ccc(O)cc2C)CCC1O. The van der Waals surface area contributed by atoms with E-state index >= 15 is 0 Å². The van der Waals surface area contributed by atoms with Gasteiger partial charge in [0.15, 0.2) is 0 Å². The van der Waals surface area contributed by atoms with Crippen LogP contribution in [0.3, 0.4) is 0 Å². The number of aliphatic hydroxyl groups is 1. The second-order valence-corrected chi connectivity index (χ2v) is 5.27. The van der Waals surface area contributed by atoms with Crippen molar-refractivity contribution in [2.24, 2.45) is 5.92 Å². The third kappa shape index (κ3) is 2.89. The molecular formula is C15H21NO3. The minimum atomic E-state index is -0.296. The maximum atomic E-state index is 12.5. The van der Waals surface area contributed by atoms with Crippen LogP contribution in [0, 0.1) is 12.8 Å². The van der Waals surface area contributed by atoms with Crippen LogP contribution in [0.15, 0.2) is 18.2 Å². The van der Waals surface area contributed by atoms with Gasteiger partial charge >= 0.3 is 0 Å². The van der Waals surface area contributed by atoms with Crippen LogP contribution in [0.4, 0.5) is 0 Å². The Bertz CT molecular complexity index is 472. The molecule has 1 saturated heterocycles. The van der Waals surface area contributed by atoms with Crippen LogP contribution >= 0.6 is 0 Å². The van der Waals surface area contributed by atoms with Crippen molar-refractivity contribution in [3.63, 3.8) is 0 Å². The van der Waals surface area contributed by atoms with Crippen LogP contribution < -0.4 is 0 Å². The Morgan fingerprint density at radius 1 is 1.47 bits per heavy atom. The van der Waals surface area contributed by atoms with Crippen LogP contribution in [0.1, 0.15) is 35.7 Å². The van der Waals surface area contributed by atoms with Crippen molar-refractivity contribution >= 4 is 5.91 Å². The van der Waals surface area contributed by atoms with Crippen molar-refractivity contribution in [3.8, 4) is 5.75 Å². The van der Waals surface area contributed by atoms with E-state index in [1.54, 1.807) is 17.0 Å². The number of benzene rings is 1. The highest BCUT2D eigenvalue weighted by Gasteiger charge is 2.29. The highest BCUT2D eigenvalue weighted by Crippen LogP contribution is 2.23. The summed E-state index contributed by atoms with van der Waals surface area (Å²) in [5.74, 6) is 0.326. The van der Waals surface area contributed by atoms with Crippen LogP contribution in [-0.2, 0) is 0 Å². The lowest BCUT2D eigenvalue weighted by Gasteiger charge is -2.36. The van der Waals surface area contributed by atoms with E-state index in [1.165, 1.54) is 6.07 Å². The summed E-state index contributed by atoms with van der Waals surface area (Å²) in [6, 6.07) is 4.80. The van der Waals surface area contributed by atoms with E-state index < -0.39 is 0 Å². The van der Waals surface area contributed by atoms with Crippen molar-refractivity contribution < 1.29 is 15.0 Å². The van der Waals surface area contributed by atoms with Gasteiger partial charge in [-0.2, -0.15) is 0 Å². The summed E-state index contributed by atoms with van der Waals surface area (Å²) in [6.07, 6.45) is 1.22. The number of phenols is 1. The molecule has 0 saturated carbocycles. The summed E-state index contributed by atoms with van der Waals surface area (Å²) in [7, 11) is 0. The number of amides is 1. The van der Waals surface area contributed by atoms with Crippen molar-refractivity contribution in [1.29, 1.82) is 0 Å². The monoisotopic (exact) mass is 263 g/mol. The van der Waals surface area contributed by atoms with Gasteiger partial charge in [-0.25, -0.2) is 0 Å². The average molecular weight is 263 g/mol. The molecule has 0 spiro atoms. The third-order valence-corrected chi connectivity index (χ3v) is 3.95. The summed E-state index contributed by atoms with van der Waals surface area (Å²) in [5.41, 5.74) is 1.41. The molecule has 4 nitrogen and oxygen atoms in total. The number of rotatable bonds is 2. The molecule has 2 rings (SSSR count). The van der Waals surface area contributed by atoms with E-state index in [0.29, 0.717) is 25.1 Å². The Morgan fingerprint density at radius 2 is 2.21 bits per heavy atom. The number of piperidine rings is 1. The first kappa shape index (κ1) is 13.9. The van der Waals surface area contributed by atoms with E-state index in [1.807, 2.05) is 13.8 Å². The smallest absolute Gasteiger partial charge is 0.254 e. The summed E-state index contributed by atoms with van der Waals surface area (Å²) in [6.45, 7) is 5.06. The molecule has 0 aliphatic carbocycles. The number of aliphatic hydroxyl groups excluding tert-OH is 1. The summed E-state index contributed by atoms with van der Waals surface area (Å²) in [4.78, 5) is 14.3. The predicted octanol–water partition coefficient (Wildman–Crippen LogP) is 1.93. The Balaban J connectivity index is 2.15. The van der Waals surface area contributed by atoms with Gasteiger partial charge in [-0.05, 0) is 43.5 Å². The third-order valence-electron chi connectivity index (χ3n) is 3.95. The molecule has 1 fully saturated rings. The fourth-order valence-corrected chi connectivity index (χ4v) is 2.66. The van der Waals surface area contributed by atoms with Gasteiger partial charge in [0.25, 0.3) is 5.91 Å².